The molecule has 0 saturated heterocycles. The maximum atomic E-state index is 12.4. The lowest BCUT2D eigenvalue weighted by molar-refractivity contribution is -0.123. The van der Waals surface area contributed by atoms with Crippen LogP contribution in [0, 0.1) is 19.3 Å². The Morgan fingerprint density at radius 3 is 2.39 bits per heavy atom. The molecule has 0 saturated carbocycles. The van der Waals surface area contributed by atoms with Crippen LogP contribution in [-0.2, 0) is 11.3 Å². The number of hydrogen-bond donors (Lipinski definition) is 1. The lowest BCUT2D eigenvalue weighted by Crippen LogP contribution is -2.28. The summed E-state index contributed by atoms with van der Waals surface area (Å²) < 4.78 is 7.45. The van der Waals surface area contributed by atoms with Gasteiger partial charge in [-0.15, -0.1) is 0 Å². The van der Waals surface area contributed by atoms with Gasteiger partial charge in [0, 0.05) is 5.41 Å². The zero-order valence-corrected chi connectivity index (χ0v) is 20.1. The van der Waals surface area contributed by atoms with Crippen molar-refractivity contribution in [2.45, 2.75) is 41.2 Å². The maximum Gasteiger partial charge on any atom is 0.229 e. The van der Waals surface area contributed by atoms with E-state index >= 15 is 0 Å². The molecule has 0 fully saturated rings. The number of imidazole rings is 1. The fourth-order valence-corrected chi connectivity index (χ4v) is 3.66. The highest BCUT2D eigenvalue weighted by Gasteiger charge is 2.22. The number of aromatic nitrogens is 3. The van der Waals surface area contributed by atoms with E-state index in [1.165, 1.54) is 0 Å². The predicted octanol–water partition coefficient (Wildman–Crippen LogP) is 5.76. The van der Waals surface area contributed by atoms with Crippen molar-refractivity contribution in [3.8, 4) is 16.9 Å². The first-order valence-corrected chi connectivity index (χ1v) is 11.0. The fourth-order valence-electron chi connectivity index (χ4n) is 3.66. The molecule has 0 aliphatic rings. The summed E-state index contributed by atoms with van der Waals surface area (Å²) in [4.78, 5) is 21.9. The van der Waals surface area contributed by atoms with Gasteiger partial charge in [-0.3, -0.25) is 4.79 Å². The molecular formula is C27H30N4O2. The molecule has 2 heterocycles. The van der Waals surface area contributed by atoms with Gasteiger partial charge >= 0.3 is 0 Å². The minimum atomic E-state index is -0.478. The molecule has 6 heteroatoms. The second kappa shape index (κ2) is 8.70. The number of ether oxygens (including phenoxy) is 1. The standard InChI is InChI=1S/C27H30N4O2/c1-17-23(30-26(32)27(3,4)5)15-24-25(28-17)31(18(2)29-24)16-19-10-12-20(13-11-19)21-8-7-9-22(14-21)33-6/h7-15H,16H2,1-6H3,(H,30,32). The number of fused-ring (bicyclic) bond motifs is 1. The second-order valence-corrected chi connectivity index (χ2v) is 9.34. The first-order valence-electron chi connectivity index (χ1n) is 11.0. The van der Waals surface area contributed by atoms with E-state index in [0.717, 1.165) is 45.1 Å². The molecule has 1 N–H and O–H groups in total. The number of carbonyl (C=O) groups excluding carboxylic acids is 1. The number of aryl methyl sites for hydroxylation is 2. The molecule has 0 spiro atoms. The Hall–Kier alpha value is -3.67. The first-order chi connectivity index (χ1) is 15.7. The molecule has 0 aliphatic carbocycles. The molecule has 0 atom stereocenters. The average Bonchev–Trinajstić information content (AvgIpc) is 3.08. The van der Waals surface area contributed by atoms with Crippen molar-refractivity contribution in [2.24, 2.45) is 5.41 Å². The van der Waals surface area contributed by atoms with E-state index in [4.69, 9.17) is 14.7 Å². The van der Waals surface area contributed by atoms with Gasteiger partial charge in [-0.05, 0) is 48.7 Å². The number of rotatable bonds is 5. The normalized spacial score (nSPS) is 11.6. The van der Waals surface area contributed by atoms with Gasteiger partial charge in [0.1, 0.15) is 17.1 Å². The van der Waals surface area contributed by atoms with Gasteiger partial charge in [-0.25, -0.2) is 9.97 Å². The zero-order chi connectivity index (χ0) is 23.8. The van der Waals surface area contributed by atoms with Crippen LogP contribution in [-0.4, -0.2) is 27.6 Å². The highest BCUT2D eigenvalue weighted by Crippen LogP contribution is 2.26. The van der Waals surface area contributed by atoms with E-state index in [1.807, 2.05) is 58.9 Å². The number of nitrogens with one attached hydrogen (secondary N) is 1. The minimum absolute atomic E-state index is 0.0426. The van der Waals surface area contributed by atoms with E-state index in [9.17, 15) is 4.79 Å². The summed E-state index contributed by atoms with van der Waals surface area (Å²) >= 11 is 0. The van der Waals surface area contributed by atoms with E-state index < -0.39 is 5.41 Å². The van der Waals surface area contributed by atoms with Gasteiger partial charge in [0.25, 0.3) is 0 Å². The van der Waals surface area contributed by atoms with Crippen molar-refractivity contribution < 1.29 is 9.53 Å². The monoisotopic (exact) mass is 442 g/mol. The Labute approximate surface area is 194 Å². The lowest BCUT2D eigenvalue weighted by atomic mass is 9.95. The minimum Gasteiger partial charge on any atom is -0.497 e. The molecule has 2 aromatic heterocycles. The average molecular weight is 443 g/mol. The summed E-state index contributed by atoms with van der Waals surface area (Å²) in [6, 6.07) is 18.5. The Morgan fingerprint density at radius 1 is 1.00 bits per heavy atom. The van der Waals surface area contributed by atoms with Crippen molar-refractivity contribution in [1.82, 2.24) is 14.5 Å². The quantitative estimate of drug-likeness (QED) is 0.427. The van der Waals surface area contributed by atoms with Crippen molar-refractivity contribution in [3.05, 3.63) is 71.7 Å². The summed E-state index contributed by atoms with van der Waals surface area (Å²) in [6.07, 6.45) is 0. The third-order valence-corrected chi connectivity index (χ3v) is 5.73. The van der Waals surface area contributed by atoms with Crippen LogP contribution in [0.15, 0.2) is 54.6 Å². The van der Waals surface area contributed by atoms with Crippen LogP contribution in [0.1, 0.15) is 37.9 Å². The number of amides is 1. The molecule has 0 aliphatic heterocycles. The zero-order valence-electron chi connectivity index (χ0n) is 20.1. The molecular weight excluding hydrogens is 412 g/mol. The van der Waals surface area contributed by atoms with Gasteiger partial charge in [-0.2, -0.15) is 0 Å². The van der Waals surface area contributed by atoms with Crippen molar-refractivity contribution in [1.29, 1.82) is 0 Å². The number of pyridine rings is 1. The molecule has 33 heavy (non-hydrogen) atoms. The molecule has 0 unspecified atom stereocenters. The number of methoxy groups -OCH3 is 1. The summed E-state index contributed by atoms with van der Waals surface area (Å²) in [5.74, 6) is 1.68. The van der Waals surface area contributed by atoms with Gasteiger partial charge in [0.15, 0.2) is 5.65 Å². The van der Waals surface area contributed by atoms with Crippen LogP contribution in [0.3, 0.4) is 0 Å². The van der Waals surface area contributed by atoms with Gasteiger partial charge in [0.2, 0.25) is 5.91 Å². The third kappa shape index (κ3) is 4.75. The number of nitrogens with zero attached hydrogens (tertiary/aromatic N) is 3. The summed E-state index contributed by atoms with van der Waals surface area (Å²) in [7, 11) is 1.68. The molecule has 0 radical (unpaired) electrons. The van der Waals surface area contributed by atoms with Gasteiger partial charge in [0.05, 0.1) is 25.0 Å². The van der Waals surface area contributed by atoms with Gasteiger partial charge in [-0.1, -0.05) is 57.2 Å². The number of hydrogen-bond acceptors (Lipinski definition) is 4. The smallest absolute Gasteiger partial charge is 0.229 e. The maximum absolute atomic E-state index is 12.4. The van der Waals surface area contributed by atoms with Crippen LogP contribution < -0.4 is 10.1 Å². The predicted molar refractivity (Wildman–Crippen MR) is 133 cm³/mol. The largest absolute Gasteiger partial charge is 0.497 e. The Kier molecular flexibility index (Phi) is 5.93. The fraction of sp³-hybridized carbons (Fsp3) is 0.296. The van der Waals surface area contributed by atoms with E-state index in [1.54, 1.807) is 7.11 Å². The molecule has 170 valence electrons. The molecule has 0 bridgehead atoms. The number of benzene rings is 2. The SMILES string of the molecule is COc1cccc(-c2ccc(Cn3c(C)nc4cc(NC(=O)C(C)(C)C)c(C)nc43)cc2)c1. The molecule has 2 aromatic carbocycles. The van der Waals surface area contributed by atoms with Crippen molar-refractivity contribution in [3.63, 3.8) is 0 Å². The van der Waals surface area contributed by atoms with E-state index in [-0.39, 0.29) is 5.91 Å². The summed E-state index contributed by atoms with van der Waals surface area (Å²) in [5.41, 5.74) is 6.00. The highest BCUT2D eigenvalue weighted by molar-refractivity contribution is 5.96. The van der Waals surface area contributed by atoms with E-state index in [2.05, 4.69) is 40.2 Å². The van der Waals surface area contributed by atoms with Crippen LogP contribution in [0.25, 0.3) is 22.3 Å². The first kappa shape index (κ1) is 22.5. The van der Waals surface area contributed by atoms with Crippen molar-refractivity contribution in [2.75, 3.05) is 12.4 Å². The Bertz CT molecular complexity index is 1310. The Morgan fingerprint density at radius 2 is 1.73 bits per heavy atom. The topological polar surface area (TPSA) is 69.0 Å². The Balaban J connectivity index is 1.60. The number of anilines is 1. The lowest BCUT2D eigenvalue weighted by Gasteiger charge is -2.18. The van der Waals surface area contributed by atoms with Gasteiger partial charge < -0.3 is 14.6 Å². The van der Waals surface area contributed by atoms with Crippen LogP contribution in [0.5, 0.6) is 5.75 Å². The van der Waals surface area contributed by atoms with Crippen LogP contribution >= 0.6 is 0 Å². The summed E-state index contributed by atoms with van der Waals surface area (Å²) in [5, 5.41) is 2.99. The molecule has 4 aromatic rings. The third-order valence-electron chi connectivity index (χ3n) is 5.73. The van der Waals surface area contributed by atoms with Crippen molar-refractivity contribution >= 4 is 22.8 Å². The number of carbonyl (C=O) groups is 1. The van der Waals surface area contributed by atoms with Crippen LogP contribution in [0.4, 0.5) is 5.69 Å². The highest BCUT2D eigenvalue weighted by atomic mass is 16.5. The van der Waals surface area contributed by atoms with Crippen LogP contribution in [0.2, 0.25) is 0 Å². The molecule has 6 nitrogen and oxygen atoms in total. The second-order valence-electron chi connectivity index (χ2n) is 9.34. The van der Waals surface area contributed by atoms with E-state index in [0.29, 0.717) is 12.2 Å². The summed E-state index contributed by atoms with van der Waals surface area (Å²) in [6.45, 7) is 10.2. The molecule has 4 rings (SSSR count). The molecule has 1 amide bonds.